The number of hydrogen-bond donors (Lipinski definition) is 1. The molecule has 1 fully saturated rings. The summed E-state index contributed by atoms with van der Waals surface area (Å²) in [6, 6.07) is 5.84. The third-order valence-corrected chi connectivity index (χ3v) is 5.63. The number of pyridine rings is 1. The van der Waals surface area contributed by atoms with Crippen molar-refractivity contribution in [3.05, 3.63) is 52.5 Å². The Morgan fingerprint density at radius 2 is 2.08 bits per heavy atom. The number of piperidine rings is 1. The topological polar surface area (TPSA) is 62.3 Å². The molecule has 1 aliphatic heterocycles. The zero-order chi connectivity index (χ0) is 18.2. The maximum absolute atomic E-state index is 12.3. The Morgan fingerprint density at radius 3 is 2.77 bits per heavy atom. The average Bonchev–Trinajstić information content (AvgIpc) is 3.19. The van der Waals surface area contributed by atoms with E-state index in [2.05, 4.69) is 10.3 Å². The molecule has 2 aromatic rings. The molecule has 2 aromatic heterocycles. The van der Waals surface area contributed by atoms with Gasteiger partial charge in [0.2, 0.25) is 11.8 Å². The molecule has 1 saturated heterocycles. The molecule has 2 amide bonds. The Hall–Kier alpha value is -2.21. The lowest BCUT2D eigenvalue weighted by molar-refractivity contribution is -0.132. The molecule has 3 rings (SSSR count). The number of carbonyl (C=O) groups is 2. The lowest BCUT2D eigenvalue weighted by Gasteiger charge is -2.32. The normalized spacial score (nSPS) is 15.0. The van der Waals surface area contributed by atoms with Crippen LogP contribution in [0.5, 0.6) is 0 Å². The van der Waals surface area contributed by atoms with Gasteiger partial charge < -0.3 is 10.2 Å². The molecule has 3 heterocycles. The number of carbonyl (C=O) groups excluding carboxylic acids is 2. The number of amides is 2. The van der Waals surface area contributed by atoms with Gasteiger partial charge in [-0.2, -0.15) is 11.3 Å². The SMILES string of the molecule is O=C(CCC1CCN(C(=O)Cc2ccsc2)CC1)NCc1cccnc1. The molecule has 0 bridgehead atoms. The van der Waals surface area contributed by atoms with Gasteiger partial charge in [-0.15, -0.1) is 0 Å². The summed E-state index contributed by atoms with van der Waals surface area (Å²) < 4.78 is 0. The third kappa shape index (κ3) is 5.66. The molecule has 0 aromatic carbocycles. The van der Waals surface area contributed by atoms with Gasteiger partial charge in [-0.3, -0.25) is 14.6 Å². The van der Waals surface area contributed by atoms with Gasteiger partial charge in [-0.05, 0) is 59.2 Å². The highest BCUT2D eigenvalue weighted by molar-refractivity contribution is 7.08. The van der Waals surface area contributed by atoms with Crippen LogP contribution in [0.3, 0.4) is 0 Å². The Balaban J connectivity index is 1.32. The largest absolute Gasteiger partial charge is 0.352 e. The average molecular weight is 372 g/mol. The second-order valence-corrected chi connectivity index (χ2v) is 7.59. The van der Waals surface area contributed by atoms with Gasteiger partial charge in [0, 0.05) is 38.4 Å². The van der Waals surface area contributed by atoms with E-state index in [1.54, 1.807) is 23.7 Å². The summed E-state index contributed by atoms with van der Waals surface area (Å²) in [5.74, 6) is 0.838. The minimum atomic E-state index is 0.0878. The second kappa shape index (κ2) is 9.48. The van der Waals surface area contributed by atoms with E-state index in [-0.39, 0.29) is 11.8 Å². The molecule has 26 heavy (non-hydrogen) atoms. The molecule has 0 aliphatic carbocycles. The Bertz CT molecular complexity index is 695. The molecule has 138 valence electrons. The van der Waals surface area contributed by atoms with Crippen LogP contribution in [0, 0.1) is 5.92 Å². The van der Waals surface area contributed by atoms with Crippen LogP contribution in [0.4, 0.5) is 0 Å². The fourth-order valence-corrected chi connectivity index (χ4v) is 3.95. The summed E-state index contributed by atoms with van der Waals surface area (Å²) in [6.07, 6.45) is 7.42. The van der Waals surface area contributed by atoms with Gasteiger partial charge in [0.25, 0.3) is 0 Å². The maximum Gasteiger partial charge on any atom is 0.227 e. The van der Waals surface area contributed by atoms with Crippen LogP contribution in [-0.4, -0.2) is 34.8 Å². The van der Waals surface area contributed by atoms with Crippen LogP contribution in [0.25, 0.3) is 0 Å². The number of thiophene rings is 1. The smallest absolute Gasteiger partial charge is 0.227 e. The van der Waals surface area contributed by atoms with Crippen molar-refractivity contribution in [3.63, 3.8) is 0 Å². The molecular formula is C20H25N3O2S. The van der Waals surface area contributed by atoms with Crippen molar-refractivity contribution in [2.45, 2.75) is 38.6 Å². The Kier molecular flexibility index (Phi) is 6.77. The van der Waals surface area contributed by atoms with Crippen molar-refractivity contribution in [1.82, 2.24) is 15.2 Å². The molecule has 6 heteroatoms. The Labute approximate surface area is 158 Å². The predicted molar refractivity (Wildman–Crippen MR) is 103 cm³/mol. The van der Waals surface area contributed by atoms with Gasteiger partial charge in [0.1, 0.15) is 0 Å². The maximum atomic E-state index is 12.3. The Morgan fingerprint density at radius 1 is 1.23 bits per heavy atom. The van der Waals surface area contributed by atoms with E-state index in [0.29, 0.717) is 25.3 Å². The lowest BCUT2D eigenvalue weighted by Crippen LogP contribution is -2.39. The van der Waals surface area contributed by atoms with E-state index in [4.69, 9.17) is 0 Å². The van der Waals surface area contributed by atoms with E-state index in [0.717, 1.165) is 43.5 Å². The molecule has 1 aliphatic rings. The van der Waals surface area contributed by atoms with E-state index in [1.165, 1.54) is 0 Å². The highest BCUT2D eigenvalue weighted by Gasteiger charge is 2.23. The van der Waals surface area contributed by atoms with Crippen molar-refractivity contribution < 1.29 is 9.59 Å². The van der Waals surface area contributed by atoms with Gasteiger partial charge in [0.05, 0.1) is 6.42 Å². The van der Waals surface area contributed by atoms with Gasteiger partial charge in [-0.25, -0.2) is 0 Å². The molecule has 0 spiro atoms. The number of aromatic nitrogens is 1. The van der Waals surface area contributed by atoms with Crippen LogP contribution >= 0.6 is 11.3 Å². The van der Waals surface area contributed by atoms with E-state index < -0.39 is 0 Å². The quantitative estimate of drug-likeness (QED) is 0.814. The standard InChI is InChI=1S/C20H25N3O2S/c24-19(22-14-18-2-1-8-21-13-18)4-3-16-5-9-23(10-6-16)20(25)12-17-7-11-26-15-17/h1-2,7-8,11,13,15-16H,3-6,9-10,12,14H2,(H,22,24). The number of rotatable bonds is 7. The first-order valence-electron chi connectivity index (χ1n) is 9.15. The number of nitrogens with zero attached hydrogens (tertiary/aromatic N) is 2. The number of nitrogens with one attached hydrogen (secondary N) is 1. The molecule has 0 radical (unpaired) electrons. The van der Waals surface area contributed by atoms with Gasteiger partial charge >= 0.3 is 0 Å². The fraction of sp³-hybridized carbons (Fsp3) is 0.450. The lowest BCUT2D eigenvalue weighted by atomic mass is 9.92. The summed E-state index contributed by atoms with van der Waals surface area (Å²) in [4.78, 5) is 30.3. The van der Waals surface area contributed by atoms with Crippen molar-refractivity contribution in [1.29, 1.82) is 0 Å². The summed E-state index contributed by atoms with van der Waals surface area (Å²) in [7, 11) is 0. The van der Waals surface area contributed by atoms with Gasteiger partial charge in [0.15, 0.2) is 0 Å². The van der Waals surface area contributed by atoms with Gasteiger partial charge in [-0.1, -0.05) is 6.07 Å². The molecule has 0 atom stereocenters. The molecule has 5 nitrogen and oxygen atoms in total. The van der Waals surface area contributed by atoms with E-state index >= 15 is 0 Å². The minimum absolute atomic E-state index is 0.0878. The first kappa shape index (κ1) is 18.6. The molecule has 1 N–H and O–H groups in total. The van der Waals surface area contributed by atoms with E-state index in [1.807, 2.05) is 33.9 Å². The van der Waals surface area contributed by atoms with E-state index in [9.17, 15) is 9.59 Å². The fourth-order valence-electron chi connectivity index (χ4n) is 3.28. The summed E-state index contributed by atoms with van der Waals surface area (Å²) >= 11 is 1.63. The highest BCUT2D eigenvalue weighted by atomic mass is 32.1. The first-order chi connectivity index (χ1) is 12.7. The molecular weight excluding hydrogens is 346 g/mol. The zero-order valence-corrected chi connectivity index (χ0v) is 15.7. The molecule has 0 unspecified atom stereocenters. The van der Waals surface area contributed by atoms with Crippen LogP contribution in [0.1, 0.15) is 36.8 Å². The summed E-state index contributed by atoms with van der Waals surface area (Å²) in [6.45, 7) is 2.15. The third-order valence-electron chi connectivity index (χ3n) is 4.89. The molecule has 0 saturated carbocycles. The van der Waals surface area contributed by atoms with Crippen molar-refractivity contribution in [3.8, 4) is 0 Å². The zero-order valence-electron chi connectivity index (χ0n) is 14.9. The van der Waals surface area contributed by atoms with Crippen LogP contribution < -0.4 is 5.32 Å². The first-order valence-corrected chi connectivity index (χ1v) is 10.1. The van der Waals surface area contributed by atoms with Crippen molar-refractivity contribution in [2.24, 2.45) is 5.92 Å². The number of likely N-dealkylation sites (tertiary alicyclic amines) is 1. The minimum Gasteiger partial charge on any atom is -0.352 e. The van der Waals surface area contributed by atoms with Crippen LogP contribution in [0.15, 0.2) is 41.4 Å². The van der Waals surface area contributed by atoms with Crippen molar-refractivity contribution in [2.75, 3.05) is 13.1 Å². The predicted octanol–water partition coefficient (Wildman–Crippen LogP) is 3.02. The monoisotopic (exact) mass is 371 g/mol. The van der Waals surface area contributed by atoms with Crippen LogP contribution in [-0.2, 0) is 22.6 Å². The van der Waals surface area contributed by atoms with Crippen LogP contribution in [0.2, 0.25) is 0 Å². The highest BCUT2D eigenvalue weighted by Crippen LogP contribution is 2.22. The second-order valence-electron chi connectivity index (χ2n) is 6.81. The van der Waals surface area contributed by atoms with Crippen molar-refractivity contribution >= 4 is 23.2 Å². The summed E-state index contributed by atoms with van der Waals surface area (Å²) in [5.41, 5.74) is 2.12. The number of hydrogen-bond acceptors (Lipinski definition) is 4. The summed E-state index contributed by atoms with van der Waals surface area (Å²) in [5, 5.41) is 6.99.